The highest BCUT2D eigenvalue weighted by Crippen LogP contribution is 2.35. The van der Waals surface area contributed by atoms with Gasteiger partial charge in [-0.15, -0.1) is 0 Å². The van der Waals surface area contributed by atoms with E-state index in [2.05, 4.69) is 5.10 Å². The molecule has 0 bridgehead atoms. The van der Waals surface area contributed by atoms with Crippen molar-refractivity contribution >= 4 is 22.8 Å². The van der Waals surface area contributed by atoms with Crippen LogP contribution >= 0.6 is 0 Å². The van der Waals surface area contributed by atoms with Gasteiger partial charge in [0.15, 0.2) is 17.1 Å². The van der Waals surface area contributed by atoms with Crippen LogP contribution in [0.1, 0.15) is 50.5 Å². The third-order valence-electron chi connectivity index (χ3n) is 6.63. The van der Waals surface area contributed by atoms with Gasteiger partial charge in [0.05, 0.1) is 22.8 Å². The molecule has 4 heterocycles. The molecule has 190 valence electrons. The number of ether oxygens (including phenoxy) is 2. The summed E-state index contributed by atoms with van der Waals surface area (Å²) in [7, 11) is 0. The Bertz CT molecular complexity index is 1290. The van der Waals surface area contributed by atoms with Crippen molar-refractivity contribution in [2.75, 3.05) is 39.4 Å². The standard InChI is InChI=1S/C27H33N5O4/c1-17(2)13-25(33)30-7-9-31(10-8-30)27(34)20-15-22(29-26-21(20)16-28-32(26)18(3)4)19-5-6-23-24(14-19)36-12-11-35-23/h5-6,14-18H,7-13H2,1-4H3. The highest BCUT2D eigenvalue weighted by Gasteiger charge is 2.28. The quantitative estimate of drug-likeness (QED) is 0.540. The molecule has 0 saturated carbocycles. The van der Waals surface area contributed by atoms with Crippen LogP contribution < -0.4 is 9.47 Å². The summed E-state index contributed by atoms with van der Waals surface area (Å²) >= 11 is 0. The molecule has 2 aliphatic rings. The van der Waals surface area contributed by atoms with Gasteiger partial charge >= 0.3 is 0 Å². The number of amides is 2. The van der Waals surface area contributed by atoms with Gasteiger partial charge in [-0.2, -0.15) is 5.10 Å². The van der Waals surface area contributed by atoms with E-state index in [1.54, 1.807) is 6.20 Å². The van der Waals surface area contributed by atoms with Crippen molar-refractivity contribution < 1.29 is 19.1 Å². The van der Waals surface area contributed by atoms with Crippen molar-refractivity contribution in [2.24, 2.45) is 5.92 Å². The number of benzene rings is 1. The molecule has 0 N–H and O–H groups in total. The van der Waals surface area contributed by atoms with Crippen LogP contribution in [0.2, 0.25) is 0 Å². The van der Waals surface area contributed by atoms with E-state index in [-0.39, 0.29) is 17.9 Å². The minimum absolute atomic E-state index is 0.0690. The van der Waals surface area contributed by atoms with Gasteiger partial charge in [-0.1, -0.05) is 13.8 Å². The third kappa shape index (κ3) is 4.62. The van der Waals surface area contributed by atoms with Crippen molar-refractivity contribution in [2.45, 2.75) is 40.2 Å². The molecule has 0 radical (unpaired) electrons. The van der Waals surface area contributed by atoms with Gasteiger partial charge in [-0.25, -0.2) is 9.67 Å². The number of pyridine rings is 1. The molecule has 3 aromatic rings. The average Bonchev–Trinajstić information content (AvgIpc) is 3.31. The van der Waals surface area contributed by atoms with Crippen LogP contribution in [0.4, 0.5) is 0 Å². The maximum Gasteiger partial charge on any atom is 0.254 e. The molecule has 9 nitrogen and oxygen atoms in total. The molecule has 1 aromatic carbocycles. The minimum atomic E-state index is -0.0690. The summed E-state index contributed by atoms with van der Waals surface area (Å²) in [6.07, 6.45) is 2.26. The summed E-state index contributed by atoms with van der Waals surface area (Å²) in [6.45, 7) is 11.3. The van der Waals surface area contributed by atoms with E-state index < -0.39 is 0 Å². The Morgan fingerprint density at radius 1 is 0.944 bits per heavy atom. The molecule has 5 rings (SSSR count). The highest BCUT2D eigenvalue weighted by molar-refractivity contribution is 6.06. The number of hydrogen-bond donors (Lipinski definition) is 0. The van der Waals surface area contributed by atoms with Crippen molar-refractivity contribution in [3.05, 3.63) is 36.0 Å². The van der Waals surface area contributed by atoms with Gasteiger partial charge in [0.2, 0.25) is 5.91 Å². The summed E-state index contributed by atoms with van der Waals surface area (Å²) in [5.74, 6) is 1.79. The molecule has 0 atom stereocenters. The number of rotatable bonds is 5. The number of hydrogen-bond acceptors (Lipinski definition) is 6. The van der Waals surface area contributed by atoms with Gasteiger partial charge in [0, 0.05) is 44.2 Å². The molecule has 2 amide bonds. The molecule has 9 heteroatoms. The zero-order chi connectivity index (χ0) is 25.4. The van der Waals surface area contributed by atoms with E-state index in [1.807, 2.05) is 66.4 Å². The lowest BCUT2D eigenvalue weighted by Gasteiger charge is -2.35. The van der Waals surface area contributed by atoms with Gasteiger partial charge < -0.3 is 19.3 Å². The fourth-order valence-corrected chi connectivity index (χ4v) is 4.73. The van der Waals surface area contributed by atoms with E-state index in [9.17, 15) is 9.59 Å². The molecular weight excluding hydrogens is 458 g/mol. The van der Waals surface area contributed by atoms with Gasteiger partial charge in [0.1, 0.15) is 13.2 Å². The zero-order valence-corrected chi connectivity index (χ0v) is 21.4. The van der Waals surface area contributed by atoms with E-state index in [0.717, 1.165) is 10.9 Å². The van der Waals surface area contributed by atoms with Crippen LogP contribution in [0.15, 0.2) is 30.5 Å². The Labute approximate surface area is 211 Å². The average molecular weight is 492 g/mol. The van der Waals surface area contributed by atoms with E-state index in [1.165, 1.54) is 0 Å². The maximum atomic E-state index is 13.8. The molecule has 0 aliphatic carbocycles. The SMILES string of the molecule is CC(C)CC(=O)N1CCN(C(=O)c2cc(-c3ccc4c(c3)OCCO4)nc3c2cnn3C(C)C)CC1. The lowest BCUT2D eigenvalue weighted by Crippen LogP contribution is -2.50. The fourth-order valence-electron chi connectivity index (χ4n) is 4.73. The summed E-state index contributed by atoms with van der Waals surface area (Å²) in [5.41, 5.74) is 2.76. The van der Waals surface area contributed by atoms with Crippen LogP contribution in [0.5, 0.6) is 11.5 Å². The van der Waals surface area contributed by atoms with Crippen molar-refractivity contribution in [1.29, 1.82) is 0 Å². The predicted octanol–water partition coefficient (Wildman–Crippen LogP) is 3.78. The van der Waals surface area contributed by atoms with Gasteiger partial charge in [-0.3, -0.25) is 9.59 Å². The minimum Gasteiger partial charge on any atom is -0.486 e. The number of aromatic nitrogens is 3. The van der Waals surface area contributed by atoms with Crippen molar-refractivity contribution in [3.8, 4) is 22.8 Å². The van der Waals surface area contributed by atoms with Gasteiger partial charge in [0.25, 0.3) is 5.91 Å². The van der Waals surface area contributed by atoms with Crippen LogP contribution in [0, 0.1) is 5.92 Å². The first-order valence-corrected chi connectivity index (χ1v) is 12.7. The molecular formula is C27H33N5O4. The largest absolute Gasteiger partial charge is 0.486 e. The zero-order valence-electron chi connectivity index (χ0n) is 21.4. The third-order valence-corrected chi connectivity index (χ3v) is 6.63. The smallest absolute Gasteiger partial charge is 0.254 e. The first-order valence-electron chi connectivity index (χ1n) is 12.7. The normalized spacial score (nSPS) is 15.7. The monoisotopic (exact) mass is 491 g/mol. The molecule has 36 heavy (non-hydrogen) atoms. The van der Waals surface area contributed by atoms with E-state index in [0.29, 0.717) is 80.1 Å². The lowest BCUT2D eigenvalue weighted by atomic mass is 10.0. The second-order valence-corrected chi connectivity index (χ2v) is 10.1. The second kappa shape index (κ2) is 9.79. The van der Waals surface area contributed by atoms with Gasteiger partial charge in [-0.05, 0) is 44.0 Å². The molecule has 1 fully saturated rings. The molecule has 0 unspecified atom stereocenters. The number of carbonyl (C=O) groups is 2. The van der Waals surface area contributed by atoms with Crippen molar-refractivity contribution in [1.82, 2.24) is 24.6 Å². The lowest BCUT2D eigenvalue weighted by molar-refractivity contribution is -0.133. The number of piperazine rings is 1. The summed E-state index contributed by atoms with van der Waals surface area (Å²) in [4.78, 5) is 34.9. The Morgan fingerprint density at radius 3 is 2.33 bits per heavy atom. The molecule has 1 saturated heterocycles. The maximum absolute atomic E-state index is 13.8. The summed E-state index contributed by atoms with van der Waals surface area (Å²) in [6, 6.07) is 7.66. The summed E-state index contributed by atoms with van der Waals surface area (Å²) in [5, 5.41) is 5.27. The van der Waals surface area contributed by atoms with E-state index in [4.69, 9.17) is 14.5 Å². The predicted molar refractivity (Wildman–Crippen MR) is 136 cm³/mol. The second-order valence-electron chi connectivity index (χ2n) is 10.1. The van der Waals surface area contributed by atoms with Crippen molar-refractivity contribution in [3.63, 3.8) is 0 Å². The Kier molecular flexibility index (Phi) is 6.55. The van der Waals surface area contributed by atoms with Crippen LogP contribution in [-0.2, 0) is 4.79 Å². The Balaban J connectivity index is 1.48. The highest BCUT2D eigenvalue weighted by atomic mass is 16.6. The first kappa shape index (κ1) is 24.1. The fraction of sp³-hybridized carbons (Fsp3) is 0.481. The first-order chi connectivity index (χ1) is 17.3. The Hall–Kier alpha value is -3.62. The molecule has 2 aromatic heterocycles. The topological polar surface area (TPSA) is 89.8 Å². The summed E-state index contributed by atoms with van der Waals surface area (Å²) < 4.78 is 13.3. The van der Waals surface area contributed by atoms with E-state index >= 15 is 0 Å². The number of nitrogens with zero attached hydrogens (tertiary/aromatic N) is 5. The van der Waals surface area contributed by atoms with Crippen LogP contribution in [-0.4, -0.2) is 75.8 Å². The number of carbonyl (C=O) groups excluding carboxylic acids is 2. The molecule has 2 aliphatic heterocycles. The van der Waals surface area contributed by atoms with Crippen LogP contribution in [0.25, 0.3) is 22.3 Å². The van der Waals surface area contributed by atoms with Crippen LogP contribution in [0.3, 0.4) is 0 Å². The number of fused-ring (bicyclic) bond motifs is 2. The molecule has 0 spiro atoms. The Morgan fingerprint density at radius 2 is 1.64 bits per heavy atom.